The Kier molecular flexibility index (Phi) is 5.53. The van der Waals surface area contributed by atoms with Gasteiger partial charge in [-0.05, 0) is 53.2 Å². The minimum absolute atomic E-state index is 0.348. The molecule has 0 aliphatic heterocycles. The van der Waals surface area contributed by atoms with Crippen molar-refractivity contribution in [3.8, 4) is 26.9 Å². The molecule has 32 heavy (non-hydrogen) atoms. The van der Waals surface area contributed by atoms with E-state index < -0.39 is 0 Å². The van der Waals surface area contributed by atoms with Gasteiger partial charge in [-0.25, -0.2) is 14.8 Å². The Morgan fingerprint density at radius 2 is 1.44 bits per heavy atom. The zero-order chi connectivity index (χ0) is 21.9. The van der Waals surface area contributed by atoms with Crippen LogP contribution in [0.15, 0.2) is 77.5 Å². The van der Waals surface area contributed by atoms with Crippen LogP contribution in [0.1, 0.15) is 0 Å². The summed E-state index contributed by atoms with van der Waals surface area (Å²) in [6, 6.07) is 20.5. The summed E-state index contributed by atoms with van der Waals surface area (Å²) < 4.78 is 5.20. The fourth-order valence-corrected chi connectivity index (χ4v) is 4.73. The van der Waals surface area contributed by atoms with Crippen LogP contribution in [0.25, 0.3) is 32.2 Å². The van der Waals surface area contributed by atoms with Gasteiger partial charge >= 0.3 is 6.03 Å². The molecule has 3 aromatic heterocycles. The van der Waals surface area contributed by atoms with Gasteiger partial charge in [0, 0.05) is 17.4 Å². The normalized spacial score (nSPS) is 10.8. The van der Waals surface area contributed by atoms with Crippen LogP contribution in [-0.2, 0) is 0 Å². The molecule has 0 aliphatic carbocycles. The standard InChI is InChI=1S/C24H18N4O2S2/c1-30-17-6-2-5-15(13-17)25-24(29)26-16-9-10-18-19(14-16)28-23(21-8-4-12-32-21)22(27-18)20-7-3-11-31-20/h2-14H,1H3,(H2,25,26,29). The number of carbonyl (C=O) groups is 1. The number of carbonyl (C=O) groups excluding carboxylic acids is 1. The highest BCUT2D eigenvalue weighted by Crippen LogP contribution is 2.35. The molecule has 0 fully saturated rings. The lowest BCUT2D eigenvalue weighted by Gasteiger charge is -2.11. The number of urea groups is 1. The maximum absolute atomic E-state index is 12.5. The molecule has 158 valence electrons. The fourth-order valence-electron chi connectivity index (χ4n) is 3.30. The number of methoxy groups -OCH3 is 1. The molecule has 0 bridgehead atoms. The number of nitrogens with one attached hydrogen (secondary N) is 2. The van der Waals surface area contributed by atoms with Crippen molar-refractivity contribution in [2.24, 2.45) is 0 Å². The minimum Gasteiger partial charge on any atom is -0.497 e. The van der Waals surface area contributed by atoms with Crippen molar-refractivity contribution in [2.45, 2.75) is 0 Å². The quantitative estimate of drug-likeness (QED) is 0.306. The lowest BCUT2D eigenvalue weighted by molar-refractivity contribution is 0.262. The lowest BCUT2D eigenvalue weighted by atomic mass is 10.2. The van der Waals surface area contributed by atoms with Gasteiger partial charge in [0.2, 0.25) is 0 Å². The van der Waals surface area contributed by atoms with Gasteiger partial charge in [0.25, 0.3) is 0 Å². The van der Waals surface area contributed by atoms with Crippen molar-refractivity contribution in [3.63, 3.8) is 0 Å². The Morgan fingerprint density at radius 1 is 0.781 bits per heavy atom. The van der Waals surface area contributed by atoms with Crippen molar-refractivity contribution in [3.05, 3.63) is 77.5 Å². The van der Waals surface area contributed by atoms with Gasteiger partial charge in [0.05, 0.1) is 27.9 Å². The Bertz CT molecular complexity index is 1380. The average molecular weight is 459 g/mol. The molecular formula is C24H18N4O2S2. The molecule has 2 N–H and O–H groups in total. The van der Waals surface area contributed by atoms with Crippen LogP contribution < -0.4 is 15.4 Å². The predicted molar refractivity (Wildman–Crippen MR) is 132 cm³/mol. The zero-order valence-corrected chi connectivity index (χ0v) is 18.7. The van der Waals surface area contributed by atoms with Gasteiger partial charge in [0.1, 0.15) is 17.1 Å². The first-order chi connectivity index (χ1) is 15.7. The minimum atomic E-state index is -0.348. The number of hydrogen-bond donors (Lipinski definition) is 2. The molecule has 2 aromatic carbocycles. The highest BCUT2D eigenvalue weighted by atomic mass is 32.1. The first-order valence-electron chi connectivity index (χ1n) is 9.81. The van der Waals surface area contributed by atoms with E-state index in [1.807, 2.05) is 59.3 Å². The number of nitrogens with zero attached hydrogens (tertiary/aromatic N) is 2. The number of amides is 2. The van der Waals surface area contributed by atoms with E-state index in [2.05, 4.69) is 16.7 Å². The molecule has 8 heteroatoms. The molecular weight excluding hydrogens is 440 g/mol. The molecule has 0 atom stereocenters. The molecule has 5 aromatic rings. The number of hydrogen-bond acceptors (Lipinski definition) is 6. The van der Waals surface area contributed by atoms with Gasteiger partial charge in [-0.2, -0.15) is 0 Å². The SMILES string of the molecule is COc1cccc(NC(=O)Nc2ccc3nc(-c4cccs4)c(-c4cccs4)nc3c2)c1. The largest absolute Gasteiger partial charge is 0.497 e. The van der Waals surface area contributed by atoms with E-state index in [0.717, 1.165) is 26.7 Å². The third-order valence-electron chi connectivity index (χ3n) is 4.76. The van der Waals surface area contributed by atoms with E-state index in [1.54, 1.807) is 41.9 Å². The van der Waals surface area contributed by atoms with Crippen LogP contribution >= 0.6 is 22.7 Å². The van der Waals surface area contributed by atoms with Gasteiger partial charge < -0.3 is 15.4 Å². The smallest absolute Gasteiger partial charge is 0.323 e. The highest BCUT2D eigenvalue weighted by molar-refractivity contribution is 7.14. The number of aromatic nitrogens is 2. The highest BCUT2D eigenvalue weighted by Gasteiger charge is 2.15. The van der Waals surface area contributed by atoms with Crippen LogP contribution in [-0.4, -0.2) is 23.1 Å². The van der Waals surface area contributed by atoms with E-state index in [-0.39, 0.29) is 6.03 Å². The summed E-state index contributed by atoms with van der Waals surface area (Å²) in [6.45, 7) is 0. The van der Waals surface area contributed by atoms with Crippen LogP contribution in [0.5, 0.6) is 5.75 Å². The Labute approximate surface area is 192 Å². The van der Waals surface area contributed by atoms with Gasteiger partial charge in [-0.1, -0.05) is 18.2 Å². The van der Waals surface area contributed by atoms with Crippen molar-refractivity contribution < 1.29 is 9.53 Å². The second kappa shape index (κ2) is 8.78. The van der Waals surface area contributed by atoms with Crippen LogP contribution in [0.2, 0.25) is 0 Å². The molecule has 5 rings (SSSR count). The molecule has 0 aliphatic rings. The number of fused-ring (bicyclic) bond motifs is 1. The summed E-state index contributed by atoms with van der Waals surface area (Å²) >= 11 is 3.27. The zero-order valence-electron chi connectivity index (χ0n) is 17.0. The van der Waals surface area contributed by atoms with Crippen molar-refractivity contribution in [1.82, 2.24) is 9.97 Å². The monoisotopic (exact) mass is 458 g/mol. The molecule has 0 spiro atoms. The second-order valence-corrected chi connectivity index (χ2v) is 8.79. The van der Waals surface area contributed by atoms with Crippen LogP contribution in [0.3, 0.4) is 0 Å². The number of rotatable bonds is 5. The van der Waals surface area contributed by atoms with E-state index in [4.69, 9.17) is 14.7 Å². The summed E-state index contributed by atoms with van der Waals surface area (Å²) in [5.41, 5.74) is 4.47. The predicted octanol–water partition coefficient (Wildman–Crippen LogP) is 6.74. The van der Waals surface area contributed by atoms with Gasteiger partial charge in [-0.15, -0.1) is 22.7 Å². The summed E-state index contributed by atoms with van der Waals surface area (Å²) in [6.07, 6.45) is 0. The van der Waals surface area contributed by atoms with Crippen molar-refractivity contribution in [1.29, 1.82) is 0 Å². The van der Waals surface area contributed by atoms with Crippen molar-refractivity contribution in [2.75, 3.05) is 17.7 Å². The van der Waals surface area contributed by atoms with Crippen molar-refractivity contribution >= 4 is 51.1 Å². The molecule has 0 saturated heterocycles. The number of thiophene rings is 2. The summed E-state index contributed by atoms with van der Waals surface area (Å²) in [7, 11) is 1.59. The Balaban J connectivity index is 1.45. The van der Waals surface area contributed by atoms with Gasteiger partial charge in [-0.3, -0.25) is 0 Å². The molecule has 0 saturated carbocycles. The van der Waals surface area contributed by atoms with E-state index in [9.17, 15) is 4.79 Å². The third kappa shape index (κ3) is 4.18. The summed E-state index contributed by atoms with van der Waals surface area (Å²) in [4.78, 5) is 24.4. The fraction of sp³-hybridized carbons (Fsp3) is 0.0417. The molecule has 0 unspecified atom stereocenters. The summed E-state index contributed by atoms with van der Waals surface area (Å²) in [5, 5.41) is 9.74. The van der Waals surface area contributed by atoms with Crippen LogP contribution in [0, 0.1) is 0 Å². The maximum Gasteiger partial charge on any atom is 0.323 e. The lowest BCUT2D eigenvalue weighted by Crippen LogP contribution is -2.19. The first-order valence-corrected chi connectivity index (χ1v) is 11.6. The second-order valence-electron chi connectivity index (χ2n) is 6.89. The first kappa shape index (κ1) is 20.2. The summed E-state index contributed by atoms with van der Waals surface area (Å²) in [5.74, 6) is 0.673. The van der Waals surface area contributed by atoms with E-state index in [1.165, 1.54) is 0 Å². The number of anilines is 2. The number of ether oxygens (including phenoxy) is 1. The topological polar surface area (TPSA) is 76.1 Å². The third-order valence-corrected chi connectivity index (χ3v) is 6.51. The van der Waals surface area contributed by atoms with Gasteiger partial charge in [0.15, 0.2) is 0 Å². The molecule has 0 radical (unpaired) electrons. The number of benzene rings is 2. The van der Waals surface area contributed by atoms with Crippen LogP contribution in [0.4, 0.5) is 16.2 Å². The molecule has 3 heterocycles. The van der Waals surface area contributed by atoms with E-state index in [0.29, 0.717) is 22.6 Å². The maximum atomic E-state index is 12.5. The molecule has 6 nitrogen and oxygen atoms in total. The average Bonchev–Trinajstić information content (AvgIpc) is 3.53. The Hall–Kier alpha value is -3.75. The molecule has 2 amide bonds. The Morgan fingerprint density at radius 3 is 2.06 bits per heavy atom. The van der Waals surface area contributed by atoms with E-state index >= 15 is 0 Å².